The third-order valence-corrected chi connectivity index (χ3v) is 3.11. The lowest BCUT2D eigenvalue weighted by Gasteiger charge is -2.30. The standard InChI is InChI=1S/C13H17BrN2O2/c1-13(2,3)18-12(17)16-7-6-10-9(8-16)4-5-11(14)15-10/h4-5H,6-8H2,1-3H3. The van der Waals surface area contributed by atoms with Crippen LogP contribution in [0.15, 0.2) is 16.7 Å². The van der Waals surface area contributed by atoms with E-state index < -0.39 is 5.60 Å². The zero-order valence-electron chi connectivity index (χ0n) is 10.9. The number of halogens is 1. The summed E-state index contributed by atoms with van der Waals surface area (Å²) in [5, 5.41) is 0. The largest absolute Gasteiger partial charge is 0.444 e. The topological polar surface area (TPSA) is 42.4 Å². The molecule has 0 N–H and O–H groups in total. The van der Waals surface area contributed by atoms with Gasteiger partial charge in [0.2, 0.25) is 0 Å². The van der Waals surface area contributed by atoms with Crippen molar-refractivity contribution in [1.82, 2.24) is 9.88 Å². The van der Waals surface area contributed by atoms with E-state index in [2.05, 4.69) is 20.9 Å². The zero-order chi connectivity index (χ0) is 13.3. The summed E-state index contributed by atoms with van der Waals surface area (Å²) in [5.74, 6) is 0. The van der Waals surface area contributed by atoms with E-state index in [4.69, 9.17) is 4.74 Å². The number of nitrogens with zero attached hydrogens (tertiary/aromatic N) is 2. The number of amides is 1. The molecule has 4 nitrogen and oxygen atoms in total. The quantitative estimate of drug-likeness (QED) is 0.691. The van der Waals surface area contributed by atoms with Crippen molar-refractivity contribution in [2.24, 2.45) is 0 Å². The lowest BCUT2D eigenvalue weighted by molar-refractivity contribution is 0.0222. The Morgan fingerprint density at radius 1 is 1.44 bits per heavy atom. The molecule has 0 bridgehead atoms. The molecular formula is C13H17BrN2O2. The number of fused-ring (bicyclic) bond motifs is 1. The Morgan fingerprint density at radius 2 is 2.17 bits per heavy atom. The fourth-order valence-electron chi connectivity index (χ4n) is 1.87. The first kappa shape index (κ1) is 13.3. The van der Waals surface area contributed by atoms with Crippen molar-refractivity contribution in [2.45, 2.75) is 39.3 Å². The Balaban J connectivity index is 2.08. The minimum absolute atomic E-state index is 0.254. The van der Waals surface area contributed by atoms with E-state index in [9.17, 15) is 4.79 Å². The lowest BCUT2D eigenvalue weighted by Crippen LogP contribution is -2.40. The monoisotopic (exact) mass is 312 g/mol. The Labute approximate surface area is 115 Å². The predicted octanol–water partition coefficient (Wildman–Crippen LogP) is 3.14. The molecule has 0 spiro atoms. The van der Waals surface area contributed by atoms with Gasteiger partial charge in [-0.25, -0.2) is 9.78 Å². The van der Waals surface area contributed by atoms with E-state index in [1.165, 1.54) is 0 Å². The summed E-state index contributed by atoms with van der Waals surface area (Å²) in [6.07, 6.45) is 0.518. The van der Waals surface area contributed by atoms with Crippen LogP contribution in [0.1, 0.15) is 32.0 Å². The maximum Gasteiger partial charge on any atom is 0.410 e. The Morgan fingerprint density at radius 3 is 2.83 bits per heavy atom. The van der Waals surface area contributed by atoms with Crippen molar-refractivity contribution in [3.8, 4) is 0 Å². The molecule has 1 aliphatic rings. The third kappa shape index (κ3) is 3.22. The van der Waals surface area contributed by atoms with E-state index in [1.807, 2.05) is 32.9 Å². The molecule has 0 aliphatic carbocycles. The van der Waals surface area contributed by atoms with Crippen molar-refractivity contribution in [3.05, 3.63) is 28.0 Å². The number of pyridine rings is 1. The molecule has 5 heteroatoms. The molecule has 98 valence electrons. The summed E-state index contributed by atoms with van der Waals surface area (Å²) in [5.41, 5.74) is 1.70. The molecule has 2 rings (SSSR count). The van der Waals surface area contributed by atoms with Crippen LogP contribution in [0.5, 0.6) is 0 Å². The van der Waals surface area contributed by atoms with E-state index in [-0.39, 0.29) is 6.09 Å². The van der Waals surface area contributed by atoms with Gasteiger partial charge in [0.25, 0.3) is 0 Å². The normalized spacial score (nSPS) is 15.2. The van der Waals surface area contributed by atoms with Crippen LogP contribution < -0.4 is 0 Å². The minimum Gasteiger partial charge on any atom is -0.444 e. The molecule has 0 saturated heterocycles. The number of hydrogen-bond donors (Lipinski definition) is 0. The Kier molecular flexibility index (Phi) is 3.61. The van der Waals surface area contributed by atoms with Gasteiger partial charge in [0.15, 0.2) is 0 Å². The van der Waals surface area contributed by atoms with Gasteiger partial charge >= 0.3 is 6.09 Å². The van der Waals surface area contributed by atoms with Crippen LogP contribution >= 0.6 is 15.9 Å². The summed E-state index contributed by atoms with van der Waals surface area (Å²) in [6, 6.07) is 3.90. The van der Waals surface area contributed by atoms with Gasteiger partial charge in [0.1, 0.15) is 10.2 Å². The summed E-state index contributed by atoms with van der Waals surface area (Å²) in [6.45, 7) is 6.86. The highest BCUT2D eigenvalue weighted by molar-refractivity contribution is 9.10. The van der Waals surface area contributed by atoms with Gasteiger partial charge in [-0.15, -0.1) is 0 Å². The molecular weight excluding hydrogens is 296 g/mol. The van der Waals surface area contributed by atoms with Gasteiger partial charge < -0.3 is 9.64 Å². The van der Waals surface area contributed by atoms with Crippen molar-refractivity contribution < 1.29 is 9.53 Å². The van der Waals surface area contributed by atoms with Gasteiger partial charge in [0.05, 0.1) is 6.54 Å². The van der Waals surface area contributed by atoms with Crippen LogP contribution in [0.25, 0.3) is 0 Å². The fraction of sp³-hybridized carbons (Fsp3) is 0.538. The second-order valence-corrected chi connectivity index (χ2v) is 6.20. The first-order chi connectivity index (χ1) is 8.35. The molecule has 1 aliphatic heterocycles. The average molecular weight is 313 g/mol. The molecule has 1 aromatic rings. The van der Waals surface area contributed by atoms with Crippen molar-refractivity contribution in [2.75, 3.05) is 6.54 Å². The summed E-state index contributed by atoms with van der Waals surface area (Å²) < 4.78 is 6.21. The van der Waals surface area contributed by atoms with Crippen LogP contribution in [0.2, 0.25) is 0 Å². The van der Waals surface area contributed by atoms with Crippen LogP contribution in [-0.4, -0.2) is 28.1 Å². The van der Waals surface area contributed by atoms with Crippen LogP contribution in [-0.2, 0) is 17.7 Å². The van der Waals surface area contributed by atoms with E-state index >= 15 is 0 Å². The lowest BCUT2D eigenvalue weighted by atomic mass is 10.1. The highest BCUT2D eigenvalue weighted by Gasteiger charge is 2.26. The molecule has 0 fully saturated rings. The van der Waals surface area contributed by atoms with Gasteiger partial charge in [-0.1, -0.05) is 6.07 Å². The summed E-state index contributed by atoms with van der Waals surface area (Å²) in [4.78, 5) is 18.1. The molecule has 2 heterocycles. The number of carbonyl (C=O) groups excluding carboxylic acids is 1. The molecule has 0 aromatic carbocycles. The summed E-state index contributed by atoms with van der Waals surface area (Å²) in [7, 11) is 0. The first-order valence-corrected chi connectivity index (χ1v) is 6.77. The van der Waals surface area contributed by atoms with Crippen molar-refractivity contribution in [3.63, 3.8) is 0 Å². The number of rotatable bonds is 0. The van der Waals surface area contributed by atoms with Gasteiger partial charge in [-0.3, -0.25) is 0 Å². The van der Waals surface area contributed by atoms with Gasteiger partial charge in [0, 0.05) is 18.7 Å². The number of ether oxygens (including phenoxy) is 1. The van der Waals surface area contributed by atoms with Crippen molar-refractivity contribution in [1.29, 1.82) is 0 Å². The zero-order valence-corrected chi connectivity index (χ0v) is 12.5. The smallest absolute Gasteiger partial charge is 0.410 e. The molecule has 0 radical (unpaired) electrons. The summed E-state index contributed by atoms with van der Waals surface area (Å²) >= 11 is 3.36. The molecule has 0 saturated carbocycles. The van der Waals surface area contributed by atoms with Crippen LogP contribution in [0, 0.1) is 0 Å². The van der Waals surface area contributed by atoms with E-state index in [1.54, 1.807) is 4.90 Å². The number of aromatic nitrogens is 1. The van der Waals surface area contributed by atoms with Gasteiger partial charge in [-0.2, -0.15) is 0 Å². The van der Waals surface area contributed by atoms with Gasteiger partial charge in [-0.05, 0) is 48.3 Å². The number of carbonyl (C=O) groups is 1. The predicted molar refractivity (Wildman–Crippen MR) is 72.3 cm³/mol. The maximum absolute atomic E-state index is 12.0. The second-order valence-electron chi connectivity index (χ2n) is 5.39. The SMILES string of the molecule is CC(C)(C)OC(=O)N1CCc2nc(Br)ccc2C1. The Hall–Kier alpha value is -1.10. The number of hydrogen-bond acceptors (Lipinski definition) is 3. The molecule has 18 heavy (non-hydrogen) atoms. The second kappa shape index (κ2) is 4.88. The average Bonchev–Trinajstić information content (AvgIpc) is 2.26. The van der Waals surface area contributed by atoms with E-state index in [0.717, 1.165) is 22.3 Å². The van der Waals surface area contributed by atoms with Crippen molar-refractivity contribution >= 4 is 22.0 Å². The van der Waals surface area contributed by atoms with Crippen LogP contribution in [0.3, 0.4) is 0 Å². The van der Waals surface area contributed by atoms with Crippen LogP contribution in [0.4, 0.5) is 4.79 Å². The highest BCUT2D eigenvalue weighted by Crippen LogP contribution is 2.21. The van der Waals surface area contributed by atoms with E-state index in [0.29, 0.717) is 13.1 Å². The molecule has 0 atom stereocenters. The molecule has 1 aromatic heterocycles. The third-order valence-electron chi connectivity index (χ3n) is 2.67. The molecule has 1 amide bonds. The fourth-order valence-corrected chi connectivity index (χ4v) is 2.22. The Bertz CT molecular complexity index is 469. The first-order valence-electron chi connectivity index (χ1n) is 5.97. The minimum atomic E-state index is -0.449. The maximum atomic E-state index is 12.0. The molecule has 0 unspecified atom stereocenters. The highest BCUT2D eigenvalue weighted by atomic mass is 79.9.